The summed E-state index contributed by atoms with van der Waals surface area (Å²) in [6.45, 7) is 3.61. The summed E-state index contributed by atoms with van der Waals surface area (Å²) in [4.78, 5) is 26.3. The number of likely N-dealkylation sites (N-methyl/N-ethyl adjacent to an activating group) is 1. The van der Waals surface area contributed by atoms with Gasteiger partial charge in [-0.25, -0.2) is 9.97 Å². The van der Waals surface area contributed by atoms with Gasteiger partial charge in [-0.15, -0.1) is 0 Å². The maximum Gasteiger partial charge on any atom is 0.225 e. The molecule has 6 nitrogen and oxygen atoms in total. The van der Waals surface area contributed by atoms with Gasteiger partial charge in [-0.2, -0.15) is 0 Å². The summed E-state index contributed by atoms with van der Waals surface area (Å²) in [7, 11) is 1.95. The number of rotatable bonds is 5. The van der Waals surface area contributed by atoms with E-state index in [0.29, 0.717) is 30.2 Å². The van der Waals surface area contributed by atoms with Gasteiger partial charge < -0.3 is 15.1 Å². The molecular weight excluding hydrogens is 326 g/mol. The van der Waals surface area contributed by atoms with Crippen LogP contribution in [0.1, 0.15) is 56.6 Å². The Kier molecular flexibility index (Phi) is 5.38. The minimum absolute atomic E-state index is 0.328. The third-order valence-electron chi connectivity index (χ3n) is 6.47. The van der Waals surface area contributed by atoms with Gasteiger partial charge in [-0.1, -0.05) is 12.8 Å². The van der Waals surface area contributed by atoms with Crippen LogP contribution in [0, 0.1) is 5.92 Å². The fourth-order valence-electron chi connectivity index (χ4n) is 5.02. The van der Waals surface area contributed by atoms with Crippen molar-refractivity contribution in [3.8, 4) is 0 Å². The van der Waals surface area contributed by atoms with Crippen LogP contribution in [-0.4, -0.2) is 60.0 Å². The Bertz CT molecular complexity index is 630. The lowest BCUT2D eigenvalue weighted by molar-refractivity contribution is -0.139. The van der Waals surface area contributed by atoms with E-state index in [1.165, 1.54) is 31.4 Å². The normalized spacial score (nSPS) is 27.0. The van der Waals surface area contributed by atoms with E-state index in [0.717, 1.165) is 45.0 Å². The van der Waals surface area contributed by atoms with Crippen molar-refractivity contribution in [3.63, 3.8) is 0 Å². The second-order valence-corrected chi connectivity index (χ2v) is 8.05. The van der Waals surface area contributed by atoms with Gasteiger partial charge >= 0.3 is 0 Å². The molecule has 0 radical (unpaired) electrons. The van der Waals surface area contributed by atoms with Crippen molar-refractivity contribution in [3.05, 3.63) is 18.0 Å². The zero-order chi connectivity index (χ0) is 17.9. The number of nitrogens with one attached hydrogen (secondary N) is 1. The molecule has 1 aromatic heterocycles. The number of carbonyl (C=O) groups excluding carboxylic acids is 1. The van der Waals surface area contributed by atoms with Gasteiger partial charge in [0.15, 0.2) is 0 Å². The number of likely N-dealkylation sites (tertiary alicyclic amines) is 1. The smallest absolute Gasteiger partial charge is 0.225 e. The Balaban J connectivity index is 1.45. The molecule has 1 amide bonds. The zero-order valence-electron chi connectivity index (χ0n) is 15.9. The molecule has 142 valence electrons. The Morgan fingerprint density at radius 2 is 2.08 bits per heavy atom. The second kappa shape index (κ2) is 7.91. The minimum Gasteiger partial charge on any atom is -0.340 e. The monoisotopic (exact) mass is 357 g/mol. The molecule has 2 saturated heterocycles. The van der Waals surface area contributed by atoms with Crippen molar-refractivity contribution in [2.75, 3.05) is 38.1 Å². The Morgan fingerprint density at radius 3 is 2.88 bits per heavy atom. The molecule has 1 saturated carbocycles. The standard InChI is InChI=1S/C20H31N5O/c1-21-11-13-25-18-9-12-24(14-16(18)6-7-19(25)26)20-22-10-8-17(23-20)15-4-2-3-5-15/h8,10,15-16,18,21H,2-7,9,11-14H2,1H3/t16-,18+/m0/s1. The minimum atomic E-state index is 0.328. The fourth-order valence-corrected chi connectivity index (χ4v) is 5.02. The van der Waals surface area contributed by atoms with Crippen LogP contribution in [-0.2, 0) is 4.79 Å². The van der Waals surface area contributed by atoms with Gasteiger partial charge in [0, 0.05) is 56.5 Å². The molecule has 2 aliphatic heterocycles. The predicted octanol–water partition coefficient (Wildman–Crippen LogP) is 2.17. The van der Waals surface area contributed by atoms with E-state index >= 15 is 0 Å². The summed E-state index contributed by atoms with van der Waals surface area (Å²) in [5, 5.41) is 3.17. The highest BCUT2D eigenvalue weighted by Crippen LogP contribution is 2.35. The molecule has 1 aliphatic carbocycles. The van der Waals surface area contributed by atoms with Crippen LogP contribution in [0.15, 0.2) is 12.3 Å². The van der Waals surface area contributed by atoms with Crippen molar-refractivity contribution in [2.24, 2.45) is 5.92 Å². The van der Waals surface area contributed by atoms with E-state index in [1.54, 1.807) is 0 Å². The number of anilines is 1. The lowest BCUT2D eigenvalue weighted by Gasteiger charge is -2.47. The summed E-state index contributed by atoms with van der Waals surface area (Å²) in [6, 6.07) is 2.49. The number of hydrogen-bond donors (Lipinski definition) is 1. The summed E-state index contributed by atoms with van der Waals surface area (Å²) in [6.07, 6.45) is 9.83. The number of aromatic nitrogens is 2. The lowest BCUT2D eigenvalue weighted by Crippen LogP contribution is -2.57. The second-order valence-electron chi connectivity index (χ2n) is 8.05. The summed E-state index contributed by atoms with van der Waals surface area (Å²) in [5.41, 5.74) is 1.23. The first-order valence-corrected chi connectivity index (χ1v) is 10.3. The molecule has 0 spiro atoms. The summed E-state index contributed by atoms with van der Waals surface area (Å²) < 4.78 is 0. The largest absolute Gasteiger partial charge is 0.340 e. The number of amides is 1. The molecule has 26 heavy (non-hydrogen) atoms. The first-order chi connectivity index (χ1) is 12.8. The van der Waals surface area contributed by atoms with Crippen LogP contribution in [0.3, 0.4) is 0 Å². The van der Waals surface area contributed by atoms with Gasteiger partial charge in [0.1, 0.15) is 0 Å². The first-order valence-electron chi connectivity index (χ1n) is 10.3. The molecular formula is C20H31N5O. The SMILES string of the molecule is CNCCN1C(=O)CC[C@H]2CN(c3nccc(C4CCCC4)n3)CC[C@H]21. The van der Waals surface area contributed by atoms with Crippen molar-refractivity contribution >= 4 is 11.9 Å². The van der Waals surface area contributed by atoms with Crippen LogP contribution in [0.25, 0.3) is 0 Å². The molecule has 3 heterocycles. The molecule has 0 unspecified atom stereocenters. The Labute approximate surface area is 156 Å². The number of fused-ring (bicyclic) bond motifs is 1. The van der Waals surface area contributed by atoms with E-state index in [4.69, 9.17) is 4.98 Å². The van der Waals surface area contributed by atoms with Crippen LogP contribution >= 0.6 is 0 Å². The molecule has 1 aromatic rings. The van der Waals surface area contributed by atoms with Crippen LogP contribution in [0.4, 0.5) is 5.95 Å². The van der Waals surface area contributed by atoms with Crippen molar-refractivity contribution in [2.45, 2.75) is 56.9 Å². The van der Waals surface area contributed by atoms with E-state index in [-0.39, 0.29) is 0 Å². The van der Waals surface area contributed by atoms with Gasteiger partial charge in [0.2, 0.25) is 11.9 Å². The van der Waals surface area contributed by atoms with Crippen LogP contribution in [0.5, 0.6) is 0 Å². The third-order valence-corrected chi connectivity index (χ3v) is 6.47. The first kappa shape index (κ1) is 17.7. The highest BCUT2D eigenvalue weighted by atomic mass is 16.2. The number of hydrogen-bond acceptors (Lipinski definition) is 5. The number of nitrogens with zero attached hydrogens (tertiary/aromatic N) is 4. The fraction of sp³-hybridized carbons (Fsp3) is 0.750. The zero-order valence-corrected chi connectivity index (χ0v) is 15.9. The van der Waals surface area contributed by atoms with E-state index in [9.17, 15) is 4.79 Å². The van der Waals surface area contributed by atoms with Gasteiger partial charge in [-0.05, 0) is 44.7 Å². The predicted molar refractivity (Wildman–Crippen MR) is 102 cm³/mol. The average molecular weight is 358 g/mol. The molecule has 2 atom stereocenters. The van der Waals surface area contributed by atoms with Crippen molar-refractivity contribution < 1.29 is 4.79 Å². The van der Waals surface area contributed by atoms with Crippen molar-refractivity contribution in [1.29, 1.82) is 0 Å². The Hall–Kier alpha value is -1.69. The summed E-state index contributed by atoms with van der Waals surface area (Å²) >= 11 is 0. The highest BCUT2D eigenvalue weighted by molar-refractivity contribution is 5.77. The average Bonchev–Trinajstić information content (AvgIpc) is 3.22. The number of piperidine rings is 2. The molecule has 3 aliphatic rings. The van der Waals surface area contributed by atoms with Gasteiger partial charge in [0.05, 0.1) is 0 Å². The third kappa shape index (κ3) is 3.56. The van der Waals surface area contributed by atoms with Gasteiger partial charge in [0.25, 0.3) is 0 Å². The summed E-state index contributed by atoms with van der Waals surface area (Å²) in [5.74, 6) is 2.39. The van der Waals surface area contributed by atoms with Crippen LogP contribution < -0.4 is 10.2 Å². The molecule has 3 fully saturated rings. The topological polar surface area (TPSA) is 61.4 Å². The van der Waals surface area contributed by atoms with Gasteiger partial charge in [-0.3, -0.25) is 4.79 Å². The quantitative estimate of drug-likeness (QED) is 0.875. The molecule has 1 N–H and O–H groups in total. The van der Waals surface area contributed by atoms with E-state index in [1.807, 2.05) is 13.2 Å². The van der Waals surface area contributed by atoms with Crippen molar-refractivity contribution in [1.82, 2.24) is 20.2 Å². The maximum atomic E-state index is 12.4. The molecule has 0 bridgehead atoms. The molecule has 4 rings (SSSR count). The lowest BCUT2D eigenvalue weighted by atomic mass is 9.83. The van der Waals surface area contributed by atoms with Crippen LogP contribution in [0.2, 0.25) is 0 Å². The maximum absolute atomic E-state index is 12.4. The molecule has 0 aromatic carbocycles. The highest BCUT2D eigenvalue weighted by Gasteiger charge is 2.39. The number of carbonyl (C=O) groups is 1. The molecule has 6 heteroatoms. The van der Waals surface area contributed by atoms with E-state index < -0.39 is 0 Å². The van der Waals surface area contributed by atoms with E-state index in [2.05, 4.69) is 26.2 Å². The Morgan fingerprint density at radius 1 is 1.23 bits per heavy atom.